The Morgan fingerprint density at radius 1 is 1.11 bits per heavy atom. The van der Waals surface area contributed by atoms with Crippen LogP contribution in [0.2, 0.25) is 0 Å². The maximum absolute atomic E-state index is 12.5. The number of hydrogen-bond donors (Lipinski definition) is 1. The molecule has 4 aromatic rings. The second-order valence-corrected chi connectivity index (χ2v) is 6.13. The average molecular weight is 370 g/mol. The number of carbonyl (C=O) groups excluding carboxylic acids is 1. The molecule has 2 heterocycles. The van der Waals surface area contributed by atoms with Crippen LogP contribution in [0.1, 0.15) is 21.5 Å². The standard InChI is InChI=1S/C20H14N6O2/c1-12-3-2-4-15(9-12)19-25-24-18(28-19)13-5-7-14(8-6-13)20(27)26-17(22)16(10-21)11-23-26/h2-9,11H,22H2,1H3. The van der Waals surface area contributed by atoms with E-state index in [1.807, 2.05) is 37.3 Å². The molecule has 0 radical (unpaired) electrons. The molecule has 0 spiro atoms. The third-order valence-corrected chi connectivity index (χ3v) is 4.19. The number of nitrogens with two attached hydrogens (primary N) is 1. The van der Waals surface area contributed by atoms with Crippen LogP contribution in [0.4, 0.5) is 5.82 Å². The number of benzene rings is 2. The van der Waals surface area contributed by atoms with Gasteiger partial charge in [0.25, 0.3) is 5.91 Å². The molecule has 0 bridgehead atoms. The zero-order valence-electron chi connectivity index (χ0n) is 14.8. The minimum absolute atomic E-state index is 0.0104. The molecule has 2 N–H and O–H groups in total. The highest BCUT2D eigenvalue weighted by atomic mass is 16.4. The van der Waals surface area contributed by atoms with Gasteiger partial charge in [-0.1, -0.05) is 17.7 Å². The van der Waals surface area contributed by atoms with Crippen molar-refractivity contribution in [2.45, 2.75) is 6.92 Å². The summed E-state index contributed by atoms with van der Waals surface area (Å²) < 4.78 is 6.75. The Bertz CT molecular complexity index is 1210. The largest absolute Gasteiger partial charge is 0.416 e. The van der Waals surface area contributed by atoms with Crippen molar-refractivity contribution in [2.75, 3.05) is 5.73 Å². The van der Waals surface area contributed by atoms with E-state index in [0.717, 1.165) is 15.8 Å². The quantitative estimate of drug-likeness (QED) is 0.588. The van der Waals surface area contributed by atoms with Crippen molar-refractivity contribution in [3.05, 3.63) is 71.4 Å². The topological polar surface area (TPSA) is 124 Å². The highest BCUT2D eigenvalue weighted by Gasteiger charge is 2.16. The number of aryl methyl sites for hydroxylation is 1. The Kier molecular flexibility index (Phi) is 4.18. The van der Waals surface area contributed by atoms with Gasteiger partial charge in [0.1, 0.15) is 17.5 Å². The number of aromatic nitrogens is 4. The van der Waals surface area contributed by atoms with E-state index in [9.17, 15) is 4.79 Å². The number of rotatable bonds is 3. The maximum Gasteiger partial charge on any atom is 0.280 e. The maximum atomic E-state index is 12.5. The lowest BCUT2D eigenvalue weighted by molar-refractivity contribution is 0.0948. The summed E-state index contributed by atoms with van der Waals surface area (Å²) in [6.07, 6.45) is 1.26. The highest BCUT2D eigenvalue weighted by molar-refractivity contribution is 5.97. The van der Waals surface area contributed by atoms with Gasteiger partial charge in [0.05, 0.1) is 6.20 Å². The van der Waals surface area contributed by atoms with Crippen LogP contribution >= 0.6 is 0 Å². The molecule has 0 fully saturated rings. The molecular formula is C20H14N6O2. The van der Waals surface area contributed by atoms with Gasteiger partial charge in [-0.2, -0.15) is 15.0 Å². The fourth-order valence-corrected chi connectivity index (χ4v) is 2.72. The second kappa shape index (κ2) is 6.81. The second-order valence-electron chi connectivity index (χ2n) is 6.13. The van der Waals surface area contributed by atoms with E-state index in [-0.39, 0.29) is 11.4 Å². The Balaban J connectivity index is 1.59. The molecule has 0 amide bonds. The van der Waals surface area contributed by atoms with Crippen molar-refractivity contribution >= 4 is 11.7 Å². The van der Waals surface area contributed by atoms with Crippen molar-refractivity contribution in [3.8, 4) is 29.0 Å². The van der Waals surface area contributed by atoms with Crippen molar-refractivity contribution in [2.24, 2.45) is 0 Å². The molecule has 8 nitrogen and oxygen atoms in total. The number of nitriles is 1. The summed E-state index contributed by atoms with van der Waals surface area (Å²) in [4.78, 5) is 12.5. The minimum atomic E-state index is -0.434. The van der Waals surface area contributed by atoms with Crippen LogP contribution in [0.5, 0.6) is 0 Å². The van der Waals surface area contributed by atoms with E-state index in [1.165, 1.54) is 6.20 Å². The number of nitrogen functional groups attached to an aromatic ring is 1. The van der Waals surface area contributed by atoms with Gasteiger partial charge in [-0.05, 0) is 43.3 Å². The average Bonchev–Trinajstić information content (AvgIpc) is 3.34. The molecule has 136 valence electrons. The van der Waals surface area contributed by atoms with Gasteiger partial charge in [-0.15, -0.1) is 10.2 Å². The fraction of sp³-hybridized carbons (Fsp3) is 0.0500. The minimum Gasteiger partial charge on any atom is -0.416 e. The molecule has 8 heteroatoms. The Labute approximate surface area is 159 Å². The molecule has 0 saturated carbocycles. The molecule has 0 aliphatic rings. The smallest absolute Gasteiger partial charge is 0.280 e. The van der Waals surface area contributed by atoms with Gasteiger partial charge in [0.2, 0.25) is 11.8 Å². The van der Waals surface area contributed by atoms with E-state index in [0.29, 0.717) is 22.9 Å². The molecule has 4 rings (SSSR count). The van der Waals surface area contributed by atoms with Crippen LogP contribution in [-0.2, 0) is 0 Å². The zero-order chi connectivity index (χ0) is 19.7. The molecule has 0 unspecified atom stereocenters. The SMILES string of the molecule is Cc1cccc(-c2nnc(-c3ccc(C(=O)n4ncc(C#N)c4N)cc3)o2)c1. The zero-order valence-corrected chi connectivity index (χ0v) is 14.8. The third kappa shape index (κ3) is 3.01. The number of nitrogens with zero attached hydrogens (tertiary/aromatic N) is 5. The Hall–Kier alpha value is -4.25. The van der Waals surface area contributed by atoms with Crippen molar-refractivity contribution in [3.63, 3.8) is 0 Å². The number of hydrogen-bond acceptors (Lipinski definition) is 7. The first-order valence-electron chi connectivity index (χ1n) is 8.36. The molecular weight excluding hydrogens is 356 g/mol. The molecule has 0 aliphatic carbocycles. The lowest BCUT2D eigenvalue weighted by Gasteiger charge is -2.03. The summed E-state index contributed by atoms with van der Waals surface area (Å²) in [6, 6.07) is 16.3. The normalized spacial score (nSPS) is 10.6. The summed E-state index contributed by atoms with van der Waals surface area (Å²) in [7, 11) is 0. The number of carbonyl (C=O) groups is 1. The first-order chi connectivity index (χ1) is 13.6. The fourth-order valence-electron chi connectivity index (χ4n) is 2.72. The van der Waals surface area contributed by atoms with Crippen LogP contribution in [0.25, 0.3) is 22.9 Å². The van der Waals surface area contributed by atoms with Gasteiger partial charge in [-0.25, -0.2) is 0 Å². The van der Waals surface area contributed by atoms with Crippen LogP contribution in [0.3, 0.4) is 0 Å². The summed E-state index contributed by atoms with van der Waals surface area (Å²) in [5, 5.41) is 21.0. The van der Waals surface area contributed by atoms with E-state index >= 15 is 0 Å². The molecule has 2 aromatic carbocycles. The Morgan fingerprint density at radius 3 is 2.46 bits per heavy atom. The highest BCUT2D eigenvalue weighted by Crippen LogP contribution is 2.25. The van der Waals surface area contributed by atoms with E-state index in [4.69, 9.17) is 15.4 Å². The Morgan fingerprint density at radius 2 is 1.82 bits per heavy atom. The summed E-state index contributed by atoms with van der Waals surface area (Å²) in [6.45, 7) is 1.99. The van der Waals surface area contributed by atoms with Crippen LogP contribution in [-0.4, -0.2) is 25.9 Å². The molecule has 0 saturated heterocycles. The number of anilines is 1. The lowest BCUT2D eigenvalue weighted by Crippen LogP contribution is -2.16. The molecule has 28 heavy (non-hydrogen) atoms. The van der Waals surface area contributed by atoms with E-state index in [2.05, 4.69) is 15.3 Å². The van der Waals surface area contributed by atoms with Gasteiger partial charge in [0, 0.05) is 16.7 Å². The van der Waals surface area contributed by atoms with Gasteiger partial charge < -0.3 is 10.2 Å². The van der Waals surface area contributed by atoms with Crippen molar-refractivity contribution in [1.82, 2.24) is 20.0 Å². The van der Waals surface area contributed by atoms with E-state index < -0.39 is 5.91 Å². The van der Waals surface area contributed by atoms with Crippen LogP contribution in [0, 0.1) is 18.3 Å². The van der Waals surface area contributed by atoms with Crippen LogP contribution in [0.15, 0.2) is 59.1 Å². The molecule has 2 aromatic heterocycles. The molecule has 0 atom stereocenters. The summed E-state index contributed by atoms with van der Waals surface area (Å²) in [5.74, 6) is 0.348. The van der Waals surface area contributed by atoms with E-state index in [1.54, 1.807) is 24.3 Å². The van der Waals surface area contributed by atoms with Gasteiger partial charge >= 0.3 is 0 Å². The predicted octanol–water partition coefficient (Wildman–Crippen LogP) is 3.05. The summed E-state index contributed by atoms with van der Waals surface area (Å²) in [5.41, 5.74) is 8.89. The monoisotopic (exact) mass is 370 g/mol. The molecule has 0 aliphatic heterocycles. The lowest BCUT2D eigenvalue weighted by atomic mass is 10.1. The first-order valence-corrected chi connectivity index (χ1v) is 8.36. The predicted molar refractivity (Wildman–Crippen MR) is 101 cm³/mol. The third-order valence-electron chi connectivity index (χ3n) is 4.19. The van der Waals surface area contributed by atoms with Gasteiger partial charge in [0.15, 0.2) is 0 Å². The summed E-state index contributed by atoms with van der Waals surface area (Å²) >= 11 is 0. The van der Waals surface area contributed by atoms with Crippen LogP contribution < -0.4 is 5.73 Å². The van der Waals surface area contributed by atoms with Gasteiger partial charge in [-0.3, -0.25) is 4.79 Å². The van der Waals surface area contributed by atoms with Crippen molar-refractivity contribution in [1.29, 1.82) is 5.26 Å². The first kappa shape index (κ1) is 17.2. The van der Waals surface area contributed by atoms with Crippen molar-refractivity contribution < 1.29 is 9.21 Å².